The topological polar surface area (TPSA) is 58.6 Å². The SMILES string of the molecule is O=C(c1cn[nH]c1)c1cccc(-c2cccnc2)c1. The van der Waals surface area contributed by atoms with Gasteiger partial charge in [0.1, 0.15) is 0 Å². The van der Waals surface area contributed by atoms with Gasteiger partial charge in [0, 0.05) is 29.7 Å². The van der Waals surface area contributed by atoms with Gasteiger partial charge in [-0.25, -0.2) is 0 Å². The van der Waals surface area contributed by atoms with Crippen molar-refractivity contribution in [3.63, 3.8) is 0 Å². The van der Waals surface area contributed by atoms with E-state index in [-0.39, 0.29) is 5.78 Å². The van der Waals surface area contributed by atoms with E-state index in [1.54, 1.807) is 24.7 Å². The molecule has 0 aliphatic heterocycles. The van der Waals surface area contributed by atoms with Gasteiger partial charge in [0.15, 0.2) is 5.78 Å². The Morgan fingerprint density at radius 1 is 1.00 bits per heavy atom. The molecule has 0 unspecified atom stereocenters. The zero-order valence-corrected chi connectivity index (χ0v) is 10.1. The highest BCUT2D eigenvalue weighted by molar-refractivity contribution is 6.09. The molecule has 0 saturated carbocycles. The van der Waals surface area contributed by atoms with Crippen molar-refractivity contribution in [3.05, 3.63) is 72.3 Å². The Morgan fingerprint density at radius 2 is 1.89 bits per heavy atom. The molecule has 4 heteroatoms. The van der Waals surface area contributed by atoms with E-state index in [4.69, 9.17) is 0 Å². The first kappa shape index (κ1) is 11.3. The Balaban J connectivity index is 1.99. The second-order valence-corrected chi connectivity index (χ2v) is 4.14. The largest absolute Gasteiger partial charge is 0.288 e. The van der Waals surface area contributed by atoms with Crippen molar-refractivity contribution < 1.29 is 4.79 Å². The molecule has 0 aliphatic carbocycles. The summed E-state index contributed by atoms with van der Waals surface area (Å²) >= 11 is 0. The summed E-state index contributed by atoms with van der Waals surface area (Å²) in [6.45, 7) is 0. The maximum absolute atomic E-state index is 12.2. The van der Waals surface area contributed by atoms with Crippen molar-refractivity contribution in [1.82, 2.24) is 15.2 Å². The second kappa shape index (κ2) is 4.86. The molecule has 3 aromatic rings. The lowest BCUT2D eigenvalue weighted by Gasteiger charge is -2.03. The molecule has 92 valence electrons. The maximum Gasteiger partial charge on any atom is 0.196 e. The average Bonchev–Trinajstić information content (AvgIpc) is 3.02. The number of ketones is 1. The van der Waals surface area contributed by atoms with Gasteiger partial charge in [-0.2, -0.15) is 5.10 Å². The number of H-pyrrole nitrogens is 1. The summed E-state index contributed by atoms with van der Waals surface area (Å²) in [6, 6.07) is 11.3. The zero-order valence-electron chi connectivity index (χ0n) is 10.1. The van der Waals surface area contributed by atoms with Gasteiger partial charge in [-0.3, -0.25) is 14.9 Å². The predicted octanol–water partition coefficient (Wildman–Crippen LogP) is 2.70. The molecular formula is C15H11N3O. The fourth-order valence-electron chi connectivity index (χ4n) is 1.92. The standard InChI is InChI=1S/C15H11N3O/c19-15(14-9-17-18-10-14)12-4-1-3-11(7-12)13-5-2-6-16-8-13/h1-10H,(H,17,18). The van der Waals surface area contributed by atoms with Gasteiger partial charge in [-0.1, -0.05) is 24.3 Å². The van der Waals surface area contributed by atoms with Gasteiger partial charge >= 0.3 is 0 Å². The van der Waals surface area contributed by atoms with Crippen LogP contribution < -0.4 is 0 Å². The molecule has 0 radical (unpaired) electrons. The molecule has 0 saturated heterocycles. The van der Waals surface area contributed by atoms with E-state index in [9.17, 15) is 4.79 Å². The third kappa shape index (κ3) is 2.28. The van der Waals surface area contributed by atoms with E-state index in [1.165, 1.54) is 6.20 Å². The molecule has 19 heavy (non-hydrogen) atoms. The molecular weight excluding hydrogens is 238 g/mol. The van der Waals surface area contributed by atoms with E-state index in [1.807, 2.05) is 30.3 Å². The normalized spacial score (nSPS) is 10.3. The summed E-state index contributed by atoms with van der Waals surface area (Å²) in [7, 11) is 0. The van der Waals surface area contributed by atoms with E-state index in [2.05, 4.69) is 15.2 Å². The minimum atomic E-state index is -0.0421. The highest BCUT2D eigenvalue weighted by Crippen LogP contribution is 2.20. The molecule has 3 rings (SSSR count). The molecule has 1 aromatic carbocycles. The first-order valence-corrected chi connectivity index (χ1v) is 5.88. The van der Waals surface area contributed by atoms with Crippen molar-refractivity contribution in [1.29, 1.82) is 0 Å². The molecule has 4 nitrogen and oxygen atoms in total. The fourth-order valence-corrected chi connectivity index (χ4v) is 1.92. The Morgan fingerprint density at radius 3 is 2.63 bits per heavy atom. The van der Waals surface area contributed by atoms with Crippen LogP contribution in [0.15, 0.2) is 61.2 Å². The van der Waals surface area contributed by atoms with Crippen LogP contribution in [-0.2, 0) is 0 Å². The van der Waals surface area contributed by atoms with Crippen LogP contribution in [0.3, 0.4) is 0 Å². The van der Waals surface area contributed by atoms with E-state index < -0.39 is 0 Å². The summed E-state index contributed by atoms with van der Waals surface area (Å²) in [5, 5.41) is 6.44. The monoisotopic (exact) mass is 249 g/mol. The number of benzene rings is 1. The smallest absolute Gasteiger partial charge is 0.196 e. The first-order chi connectivity index (χ1) is 9.34. The lowest BCUT2D eigenvalue weighted by Crippen LogP contribution is -1.99. The first-order valence-electron chi connectivity index (χ1n) is 5.88. The number of aromatic amines is 1. The van der Waals surface area contributed by atoms with Crippen molar-refractivity contribution in [2.24, 2.45) is 0 Å². The van der Waals surface area contributed by atoms with Crippen molar-refractivity contribution in [3.8, 4) is 11.1 Å². The van der Waals surface area contributed by atoms with Crippen molar-refractivity contribution in [2.75, 3.05) is 0 Å². The quantitative estimate of drug-likeness (QED) is 0.726. The summed E-state index contributed by atoms with van der Waals surface area (Å²) in [4.78, 5) is 16.3. The predicted molar refractivity (Wildman–Crippen MR) is 71.7 cm³/mol. The number of carbonyl (C=O) groups excluding carboxylic acids is 1. The highest BCUT2D eigenvalue weighted by Gasteiger charge is 2.10. The van der Waals surface area contributed by atoms with Crippen LogP contribution in [-0.4, -0.2) is 21.0 Å². The average molecular weight is 249 g/mol. The van der Waals surface area contributed by atoms with Crippen LogP contribution in [0.5, 0.6) is 0 Å². The molecule has 0 spiro atoms. The minimum Gasteiger partial charge on any atom is -0.288 e. The van der Waals surface area contributed by atoms with Gasteiger partial charge in [-0.15, -0.1) is 0 Å². The van der Waals surface area contributed by atoms with Crippen LogP contribution in [0.4, 0.5) is 0 Å². The summed E-state index contributed by atoms with van der Waals surface area (Å²) < 4.78 is 0. The van der Waals surface area contributed by atoms with Gasteiger partial charge < -0.3 is 0 Å². The number of carbonyl (C=O) groups is 1. The van der Waals surface area contributed by atoms with E-state index >= 15 is 0 Å². The third-order valence-corrected chi connectivity index (χ3v) is 2.88. The number of rotatable bonds is 3. The van der Waals surface area contributed by atoms with Gasteiger partial charge in [-0.05, 0) is 17.7 Å². The second-order valence-electron chi connectivity index (χ2n) is 4.14. The Labute approximate surface area is 110 Å². The number of hydrogen-bond donors (Lipinski definition) is 1. The number of nitrogens with zero attached hydrogens (tertiary/aromatic N) is 2. The number of hydrogen-bond acceptors (Lipinski definition) is 3. The minimum absolute atomic E-state index is 0.0421. The van der Waals surface area contributed by atoms with Gasteiger partial charge in [0.05, 0.1) is 11.8 Å². The number of pyridine rings is 1. The summed E-state index contributed by atoms with van der Waals surface area (Å²) in [6.07, 6.45) is 6.63. The number of aromatic nitrogens is 3. The summed E-state index contributed by atoms with van der Waals surface area (Å²) in [5.41, 5.74) is 3.16. The van der Waals surface area contributed by atoms with Gasteiger partial charge in [0.2, 0.25) is 0 Å². The Hall–Kier alpha value is -2.75. The van der Waals surface area contributed by atoms with Crippen LogP contribution >= 0.6 is 0 Å². The zero-order chi connectivity index (χ0) is 13.1. The third-order valence-electron chi connectivity index (χ3n) is 2.88. The Kier molecular flexibility index (Phi) is 2.90. The molecule has 1 N–H and O–H groups in total. The maximum atomic E-state index is 12.2. The fraction of sp³-hybridized carbons (Fsp3) is 0. The van der Waals surface area contributed by atoms with Crippen LogP contribution in [0, 0.1) is 0 Å². The van der Waals surface area contributed by atoms with Crippen LogP contribution in [0.25, 0.3) is 11.1 Å². The van der Waals surface area contributed by atoms with Crippen molar-refractivity contribution >= 4 is 5.78 Å². The van der Waals surface area contributed by atoms with E-state index in [0.717, 1.165) is 11.1 Å². The molecule has 0 aliphatic rings. The molecule has 2 heterocycles. The summed E-state index contributed by atoms with van der Waals surface area (Å²) in [5.74, 6) is -0.0421. The lowest BCUT2D eigenvalue weighted by atomic mass is 10.0. The molecule has 0 fully saturated rings. The molecule has 2 aromatic heterocycles. The van der Waals surface area contributed by atoms with E-state index in [0.29, 0.717) is 11.1 Å². The van der Waals surface area contributed by atoms with Crippen LogP contribution in [0.1, 0.15) is 15.9 Å². The Bertz CT molecular complexity index is 690. The highest BCUT2D eigenvalue weighted by atomic mass is 16.1. The lowest BCUT2D eigenvalue weighted by molar-refractivity contribution is 0.103. The number of nitrogens with one attached hydrogen (secondary N) is 1. The molecule has 0 atom stereocenters. The molecule has 0 bridgehead atoms. The molecule has 0 amide bonds. The van der Waals surface area contributed by atoms with Gasteiger partial charge in [0.25, 0.3) is 0 Å². The van der Waals surface area contributed by atoms with Crippen LogP contribution in [0.2, 0.25) is 0 Å². The van der Waals surface area contributed by atoms with Crippen molar-refractivity contribution in [2.45, 2.75) is 0 Å².